The molecule has 0 radical (unpaired) electrons. The van der Waals surface area contributed by atoms with E-state index in [9.17, 15) is 14.4 Å². The van der Waals surface area contributed by atoms with Crippen LogP contribution in [0.1, 0.15) is 18.2 Å². The topological polar surface area (TPSA) is 86.0 Å². The van der Waals surface area contributed by atoms with Gasteiger partial charge in [-0.25, -0.2) is 4.79 Å². The Kier molecular flexibility index (Phi) is 4.37. The quantitative estimate of drug-likeness (QED) is 0.878. The minimum atomic E-state index is -0.607. The second-order valence-electron chi connectivity index (χ2n) is 4.77. The molecule has 1 amide bonds. The Hall–Kier alpha value is -2.63. The van der Waals surface area contributed by atoms with Gasteiger partial charge in [-0.05, 0) is 31.5 Å². The summed E-state index contributed by atoms with van der Waals surface area (Å²) in [7, 11) is 0. The van der Waals surface area contributed by atoms with Gasteiger partial charge in [0, 0.05) is 24.0 Å². The maximum Gasteiger partial charge on any atom is 0.325 e. The number of carbonyl (C=O) groups is 1. The van der Waals surface area contributed by atoms with Crippen molar-refractivity contribution in [1.29, 1.82) is 0 Å². The van der Waals surface area contributed by atoms with Gasteiger partial charge in [0.15, 0.2) is 0 Å². The van der Waals surface area contributed by atoms with Crippen molar-refractivity contribution in [2.45, 2.75) is 20.3 Å². The average molecular weight is 287 g/mol. The molecule has 6 nitrogen and oxygen atoms in total. The fourth-order valence-electron chi connectivity index (χ4n) is 2.17. The molecule has 21 heavy (non-hydrogen) atoms. The van der Waals surface area contributed by atoms with Gasteiger partial charge in [0.2, 0.25) is 5.91 Å². The number of benzene rings is 1. The van der Waals surface area contributed by atoms with Crippen molar-refractivity contribution >= 4 is 11.6 Å². The maximum absolute atomic E-state index is 12.4. The van der Waals surface area contributed by atoms with Crippen LogP contribution in [0.5, 0.6) is 0 Å². The number of nitrogens with zero attached hydrogens (tertiary/aromatic N) is 1. The molecule has 0 bridgehead atoms. The van der Waals surface area contributed by atoms with E-state index >= 15 is 0 Å². The second-order valence-corrected chi connectivity index (χ2v) is 4.77. The summed E-state index contributed by atoms with van der Waals surface area (Å²) in [5.74, 6) is -0.177. The lowest BCUT2D eigenvalue weighted by Gasteiger charge is -2.21. The number of carbonyl (C=O) groups excluding carboxylic acids is 1. The number of aromatic nitrogens is 2. The van der Waals surface area contributed by atoms with Crippen LogP contribution >= 0.6 is 0 Å². The number of likely N-dealkylation sites (N-methyl/N-ethyl adjacent to an activating group) is 1. The summed E-state index contributed by atoms with van der Waals surface area (Å²) in [6, 6.07) is 8.84. The molecule has 0 spiro atoms. The molecule has 2 aromatic rings. The molecule has 2 N–H and O–H groups in total. The van der Waals surface area contributed by atoms with Crippen LogP contribution < -0.4 is 16.1 Å². The van der Waals surface area contributed by atoms with E-state index < -0.39 is 11.2 Å². The third-order valence-electron chi connectivity index (χ3n) is 3.09. The van der Waals surface area contributed by atoms with Crippen molar-refractivity contribution in [3.8, 4) is 0 Å². The number of hydrogen-bond acceptors (Lipinski definition) is 3. The lowest BCUT2D eigenvalue weighted by molar-refractivity contribution is -0.118. The molecule has 1 heterocycles. The molecule has 1 aromatic heterocycles. The average Bonchev–Trinajstić information content (AvgIpc) is 2.38. The lowest BCUT2D eigenvalue weighted by Crippen LogP contribution is -2.33. The fourth-order valence-corrected chi connectivity index (χ4v) is 2.17. The minimum Gasteiger partial charge on any atom is -0.312 e. The highest BCUT2D eigenvalue weighted by molar-refractivity contribution is 5.94. The molecule has 6 heteroatoms. The van der Waals surface area contributed by atoms with Crippen molar-refractivity contribution in [2.24, 2.45) is 0 Å². The molecule has 0 fully saturated rings. The fraction of sp³-hybridized carbons (Fsp3) is 0.267. The predicted octanol–water partition coefficient (Wildman–Crippen LogP) is 0.967. The smallest absolute Gasteiger partial charge is 0.312 e. The summed E-state index contributed by atoms with van der Waals surface area (Å²) in [4.78, 5) is 41.0. The molecule has 0 unspecified atom stereocenters. The monoisotopic (exact) mass is 287 g/mol. The van der Waals surface area contributed by atoms with Crippen LogP contribution in [0.25, 0.3) is 0 Å². The number of aromatic amines is 2. The van der Waals surface area contributed by atoms with Gasteiger partial charge < -0.3 is 9.88 Å². The summed E-state index contributed by atoms with van der Waals surface area (Å²) in [5.41, 5.74) is 1.04. The molecule has 1 aromatic carbocycles. The third kappa shape index (κ3) is 3.68. The Morgan fingerprint density at radius 2 is 1.95 bits per heavy atom. The first-order valence-corrected chi connectivity index (χ1v) is 6.69. The Morgan fingerprint density at radius 1 is 1.19 bits per heavy atom. The van der Waals surface area contributed by atoms with Crippen molar-refractivity contribution in [3.63, 3.8) is 0 Å². The van der Waals surface area contributed by atoms with Gasteiger partial charge in [0.05, 0.1) is 6.42 Å². The molecule has 0 aliphatic carbocycles. The molecular weight excluding hydrogens is 270 g/mol. The zero-order valence-electron chi connectivity index (χ0n) is 12.0. The summed E-state index contributed by atoms with van der Waals surface area (Å²) in [6.45, 7) is 4.34. The molecule has 110 valence electrons. The summed E-state index contributed by atoms with van der Waals surface area (Å²) < 4.78 is 0. The normalized spacial score (nSPS) is 10.4. The number of rotatable bonds is 4. The van der Waals surface area contributed by atoms with Crippen LogP contribution in [0.3, 0.4) is 0 Å². The van der Waals surface area contributed by atoms with E-state index in [4.69, 9.17) is 0 Å². The van der Waals surface area contributed by atoms with Crippen LogP contribution in [-0.2, 0) is 11.2 Å². The molecule has 0 saturated carbocycles. The standard InChI is InChI=1S/C15H17N3O3/c1-3-18(12-6-4-5-10(2)7-12)14(20)9-11-8-13(19)17-15(21)16-11/h4-8H,3,9H2,1-2H3,(H2,16,17,19,21). The first kappa shape index (κ1) is 14.8. The van der Waals surface area contributed by atoms with E-state index in [-0.39, 0.29) is 12.3 Å². The molecule has 2 rings (SSSR count). The largest absolute Gasteiger partial charge is 0.325 e. The van der Waals surface area contributed by atoms with E-state index in [1.807, 2.05) is 38.1 Å². The molecule has 0 saturated heterocycles. The molecule has 0 aliphatic rings. The van der Waals surface area contributed by atoms with Crippen LogP contribution in [0.4, 0.5) is 5.69 Å². The van der Waals surface area contributed by atoms with Gasteiger partial charge in [-0.15, -0.1) is 0 Å². The molecule has 0 aliphatic heterocycles. The Balaban J connectivity index is 2.25. The Labute approximate surface area is 121 Å². The van der Waals surface area contributed by atoms with E-state index in [1.54, 1.807) is 4.90 Å². The summed E-state index contributed by atoms with van der Waals surface area (Å²) >= 11 is 0. The number of amides is 1. The highest BCUT2D eigenvalue weighted by atomic mass is 16.2. The van der Waals surface area contributed by atoms with Gasteiger partial charge in [-0.1, -0.05) is 12.1 Å². The molecule has 0 atom stereocenters. The number of H-pyrrole nitrogens is 2. The molecular formula is C15H17N3O3. The van der Waals surface area contributed by atoms with Crippen molar-refractivity contribution in [3.05, 3.63) is 62.4 Å². The van der Waals surface area contributed by atoms with E-state index in [0.717, 1.165) is 11.3 Å². The number of anilines is 1. The van der Waals surface area contributed by atoms with E-state index in [2.05, 4.69) is 9.97 Å². The van der Waals surface area contributed by atoms with Gasteiger partial charge in [0.25, 0.3) is 5.56 Å². The lowest BCUT2D eigenvalue weighted by atomic mass is 10.2. The van der Waals surface area contributed by atoms with Crippen LogP contribution in [0, 0.1) is 6.92 Å². The van der Waals surface area contributed by atoms with E-state index in [1.165, 1.54) is 6.07 Å². The second kappa shape index (κ2) is 6.21. The first-order chi connectivity index (χ1) is 9.99. The van der Waals surface area contributed by atoms with Crippen molar-refractivity contribution in [2.75, 3.05) is 11.4 Å². The van der Waals surface area contributed by atoms with Gasteiger partial charge in [0.1, 0.15) is 0 Å². The third-order valence-corrected chi connectivity index (χ3v) is 3.09. The number of hydrogen-bond donors (Lipinski definition) is 2. The first-order valence-electron chi connectivity index (χ1n) is 6.69. The Morgan fingerprint density at radius 3 is 2.57 bits per heavy atom. The highest BCUT2D eigenvalue weighted by Gasteiger charge is 2.15. The minimum absolute atomic E-state index is 0.0268. The number of nitrogens with one attached hydrogen (secondary N) is 2. The van der Waals surface area contributed by atoms with Crippen LogP contribution in [-0.4, -0.2) is 22.4 Å². The summed E-state index contributed by atoms with van der Waals surface area (Å²) in [5, 5.41) is 0. The SMILES string of the molecule is CCN(C(=O)Cc1cc(=O)[nH]c(=O)[nH]1)c1cccc(C)c1. The zero-order valence-corrected chi connectivity index (χ0v) is 12.0. The van der Waals surface area contributed by atoms with Crippen molar-refractivity contribution in [1.82, 2.24) is 9.97 Å². The zero-order chi connectivity index (χ0) is 15.4. The van der Waals surface area contributed by atoms with E-state index in [0.29, 0.717) is 12.2 Å². The Bertz CT molecular complexity index is 733. The van der Waals surface area contributed by atoms with Gasteiger partial charge >= 0.3 is 5.69 Å². The van der Waals surface area contributed by atoms with Crippen LogP contribution in [0.2, 0.25) is 0 Å². The number of aryl methyl sites for hydroxylation is 1. The van der Waals surface area contributed by atoms with Gasteiger partial charge in [-0.3, -0.25) is 14.6 Å². The predicted molar refractivity (Wildman–Crippen MR) is 80.6 cm³/mol. The van der Waals surface area contributed by atoms with Gasteiger partial charge in [-0.2, -0.15) is 0 Å². The highest BCUT2D eigenvalue weighted by Crippen LogP contribution is 2.16. The summed E-state index contributed by atoms with van der Waals surface area (Å²) in [6.07, 6.45) is -0.0268. The van der Waals surface area contributed by atoms with Crippen molar-refractivity contribution < 1.29 is 4.79 Å². The maximum atomic E-state index is 12.4. The van der Waals surface area contributed by atoms with Crippen LogP contribution in [0.15, 0.2) is 39.9 Å².